The largest absolute Gasteiger partial charge is 0.372 e. The number of nitriles is 1. The molecule has 0 N–H and O–H groups in total. The Labute approximate surface area is 97.5 Å². The van der Waals surface area contributed by atoms with E-state index in [0.717, 1.165) is 5.56 Å². The second kappa shape index (κ2) is 5.55. The van der Waals surface area contributed by atoms with E-state index >= 15 is 0 Å². The van der Waals surface area contributed by atoms with Crippen LogP contribution in [-0.4, -0.2) is 13.1 Å². The zero-order chi connectivity index (χ0) is 11.2. The summed E-state index contributed by atoms with van der Waals surface area (Å²) in [4.78, 5) is 2.46. The summed E-state index contributed by atoms with van der Waals surface area (Å²) in [7, 11) is 0. The topological polar surface area (TPSA) is 27.0 Å². The van der Waals surface area contributed by atoms with E-state index in [4.69, 9.17) is 5.26 Å². The third-order valence-corrected chi connectivity index (χ3v) is 3.19. The van der Waals surface area contributed by atoms with Crippen molar-refractivity contribution in [3.05, 3.63) is 29.8 Å². The van der Waals surface area contributed by atoms with Gasteiger partial charge in [0.1, 0.15) is 0 Å². The van der Waals surface area contributed by atoms with Crippen LogP contribution in [0.25, 0.3) is 0 Å². The molecule has 1 aliphatic rings. The van der Waals surface area contributed by atoms with Gasteiger partial charge in [-0.05, 0) is 30.5 Å². The molecular weight excluding hydrogens is 196 g/mol. The molecule has 1 aliphatic heterocycles. The summed E-state index contributed by atoms with van der Waals surface area (Å²) in [6, 6.07) is 10.6. The Balaban J connectivity index is 2.05. The minimum Gasteiger partial charge on any atom is -0.372 e. The Morgan fingerprint density at radius 3 is 2.19 bits per heavy atom. The maximum atomic E-state index is 8.61. The molecule has 1 heterocycles. The van der Waals surface area contributed by atoms with Crippen molar-refractivity contribution in [1.82, 2.24) is 0 Å². The second-order valence-electron chi connectivity index (χ2n) is 4.40. The molecule has 1 aromatic rings. The highest BCUT2D eigenvalue weighted by atomic mass is 15.1. The van der Waals surface area contributed by atoms with E-state index in [1.165, 1.54) is 44.5 Å². The number of nitrogens with zero attached hydrogens (tertiary/aromatic N) is 2. The van der Waals surface area contributed by atoms with Crippen molar-refractivity contribution in [2.75, 3.05) is 18.0 Å². The predicted molar refractivity (Wildman–Crippen MR) is 66.4 cm³/mol. The number of hydrogen-bond donors (Lipinski definition) is 0. The van der Waals surface area contributed by atoms with Gasteiger partial charge in [0.2, 0.25) is 0 Å². The van der Waals surface area contributed by atoms with Gasteiger partial charge in [0.15, 0.2) is 0 Å². The molecule has 1 saturated heterocycles. The molecule has 16 heavy (non-hydrogen) atoms. The molecule has 0 atom stereocenters. The lowest BCUT2D eigenvalue weighted by Crippen LogP contribution is -2.23. The maximum absolute atomic E-state index is 8.61. The fraction of sp³-hybridized carbons (Fsp3) is 0.500. The van der Waals surface area contributed by atoms with Crippen LogP contribution in [0, 0.1) is 11.3 Å². The summed E-state index contributed by atoms with van der Waals surface area (Å²) in [6.07, 6.45) is 5.85. The van der Waals surface area contributed by atoms with E-state index in [1.54, 1.807) is 0 Å². The van der Waals surface area contributed by atoms with E-state index < -0.39 is 0 Å². The molecule has 0 saturated carbocycles. The average molecular weight is 214 g/mol. The van der Waals surface area contributed by atoms with Gasteiger partial charge in [0.05, 0.1) is 12.5 Å². The molecule has 84 valence electrons. The lowest BCUT2D eigenvalue weighted by molar-refractivity contribution is 0.726. The predicted octanol–water partition coefficient (Wildman–Crippen LogP) is 3.13. The first-order valence-electron chi connectivity index (χ1n) is 6.11. The summed E-state index contributed by atoms with van der Waals surface area (Å²) in [5.74, 6) is 0. The van der Waals surface area contributed by atoms with Crippen LogP contribution in [0.3, 0.4) is 0 Å². The van der Waals surface area contributed by atoms with Gasteiger partial charge in [-0.1, -0.05) is 25.0 Å². The zero-order valence-electron chi connectivity index (χ0n) is 9.65. The standard InChI is InChI=1S/C14H18N2/c15-10-9-13-5-7-14(8-6-13)16-11-3-1-2-4-12-16/h5-8H,1-4,9,11-12H2. The molecular formula is C14H18N2. The molecule has 0 unspecified atom stereocenters. The van der Waals surface area contributed by atoms with E-state index in [9.17, 15) is 0 Å². The Morgan fingerprint density at radius 1 is 1.00 bits per heavy atom. The highest BCUT2D eigenvalue weighted by Crippen LogP contribution is 2.19. The molecule has 2 heteroatoms. The van der Waals surface area contributed by atoms with Crippen LogP contribution in [0.5, 0.6) is 0 Å². The first kappa shape index (κ1) is 11.0. The van der Waals surface area contributed by atoms with Crippen LogP contribution in [0.1, 0.15) is 31.2 Å². The first-order chi connectivity index (χ1) is 7.90. The molecule has 0 bridgehead atoms. The van der Waals surface area contributed by atoms with Crippen molar-refractivity contribution in [3.63, 3.8) is 0 Å². The molecule has 0 aliphatic carbocycles. The van der Waals surface area contributed by atoms with Gasteiger partial charge < -0.3 is 4.90 Å². The number of rotatable bonds is 2. The third-order valence-electron chi connectivity index (χ3n) is 3.19. The SMILES string of the molecule is N#CCc1ccc(N2CCCCCC2)cc1. The van der Waals surface area contributed by atoms with Gasteiger partial charge >= 0.3 is 0 Å². The van der Waals surface area contributed by atoms with Crippen LogP contribution < -0.4 is 4.90 Å². The summed E-state index contributed by atoms with van der Waals surface area (Å²) >= 11 is 0. The van der Waals surface area contributed by atoms with Crippen LogP contribution in [-0.2, 0) is 6.42 Å². The molecule has 2 nitrogen and oxygen atoms in total. The van der Waals surface area contributed by atoms with Crippen LogP contribution in [0.15, 0.2) is 24.3 Å². The van der Waals surface area contributed by atoms with E-state index in [0.29, 0.717) is 6.42 Å². The van der Waals surface area contributed by atoms with Crippen LogP contribution >= 0.6 is 0 Å². The third kappa shape index (κ3) is 2.76. The van der Waals surface area contributed by atoms with Gasteiger partial charge in [-0.2, -0.15) is 5.26 Å². The lowest BCUT2D eigenvalue weighted by atomic mass is 10.1. The van der Waals surface area contributed by atoms with Crippen LogP contribution in [0.4, 0.5) is 5.69 Å². The van der Waals surface area contributed by atoms with Gasteiger partial charge in [-0.3, -0.25) is 0 Å². The molecule has 0 spiro atoms. The molecule has 0 amide bonds. The molecule has 0 aromatic heterocycles. The first-order valence-corrected chi connectivity index (χ1v) is 6.11. The van der Waals surface area contributed by atoms with Gasteiger partial charge in [0, 0.05) is 18.8 Å². The normalized spacial score (nSPS) is 16.6. The van der Waals surface area contributed by atoms with E-state index in [-0.39, 0.29) is 0 Å². The monoisotopic (exact) mass is 214 g/mol. The maximum Gasteiger partial charge on any atom is 0.0669 e. The van der Waals surface area contributed by atoms with Crippen molar-refractivity contribution in [2.24, 2.45) is 0 Å². The molecule has 1 fully saturated rings. The summed E-state index contributed by atoms with van der Waals surface area (Å²) in [5, 5.41) is 8.61. The average Bonchev–Trinajstić information content (AvgIpc) is 2.59. The highest BCUT2D eigenvalue weighted by Gasteiger charge is 2.09. The minimum absolute atomic E-state index is 0.514. The van der Waals surface area contributed by atoms with Crippen molar-refractivity contribution >= 4 is 5.69 Å². The fourth-order valence-corrected chi connectivity index (χ4v) is 2.24. The van der Waals surface area contributed by atoms with Gasteiger partial charge in [-0.15, -0.1) is 0 Å². The highest BCUT2D eigenvalue weighted by molar-refractivity contribution is 5.48. The van der Waals surface area contributed by atoms with Gasteiger partial charge in [0.25, 0.3) is 0 Å². The molecule has 2 rings (SSSR count). The fourth-order valence-electron chi connectivity index (χ4n) is 2.24. The molecule has 0 radical (unpaired) electrons. The smallest absolute Gasteiger partial charge is 0.0669 e. The number of hydrogen-bond acceptors (Lipinski definition) is 2. The Bertz CT molecular complexity index is 353. The van der Waals surface area contributed by atoms with Crippen molar-refractivity contribution in [3.8, 4) is 6.07 Å². The van der Waals surface area contributed by atoms with Crippen LogP contribution in [0.2, 0.25) is 0 Å². The lowest BCUT2D eigenvalue weighted by Gasteiger charge is -2.22. The Hall–Kier alpha value is -1.49. The molecule has 1 aromatic carbocycles. The van der Waals surface area contributed by atoms with Crippen molar-refractivity contribution in [1.29, 1.82) is 5.26 Å². The van der Waals surface area contributed by atoms with Crippen molar-refractivity contribution in [2.45, 2.75) is 32.1 Å². The van der Waals surface area contributed by atoms with Crippen molar-refractivity contribution < 1.29 is 0 Å². The summed E-state index contributed by atoms with van der Waals surface area (Å²) in [6.45, 7) is 2.36. The Kier molecular flexibility index (Phi) is 3.82. The summed E-state index contributed by atoms with van der Waals surface area (Å²) in [5.41, 5.74) is 2.42. The quantitative estimate of drug-likeness (QED) is 0.756. The zero-order valence-corrected chi connectivity index (χ0v) is 9.65. The number of benzene rings is 1. The van der Waals surface area contributed by atoms with E-state index in [1.807, 2.05) is 0 Å². The minimum atomic E-state index is 0.514. The second-order valence-corrected chi connectivity index (χ2v) is 4.40. The Morgan fingerprint density at radius 2 is 1.62 bits per heavy atom. The summed E-state index contributed by atoms with van der Waals surface area (Å²) < 4.78 is 0. The number of anilines is 1. The van der Waals surface area contributed by atoms with E-state index in [2.05, 4.69) is 35.2 Å². The van der Waals surface area contributed by atoms with Gasteiger partial charge in [-0.25, -0.2) is 0 Å².